The summed E-state index contributed by atoms with van der Waals surface area (Å²) >= 11 is 0. The number of hydrogen-bond acceptors (Lipinski definition) is 6. The second-order valence-corrected chi connectivity index (χ2v) is 10.4. The van der Waals surface area contributed by atoms with Crippen molar-refractivity contribution >= 4 is 46.7 Å². The molecule has 6 aliphatic rings. The van der Waals surface area contributed by atoms with Gasteiger partial charge < -0.3 is 0 Å². The maximum atomic E-state index is 5.22. The molecule has 0 atom stereocenters. The highest BCUT2D eigenvalue weighted by Crippen LogP contribution is 2.31. The lowest BCUT2D eigenvalue weighted by Crippen LogP contribution is -2.35. The molecule has 4 aromatic rings. The predicted octanol–water partition coefficient (Wildman–Crippen LogP) is 3.82. The fourth-order valence-corrected chi connectivity index (χ4v) is 6.35. The molecule has 0 spiro atoms. The zero-order valence-electron chi connectivity index (χ0n) is 21.5. The van der Waals surface area contributed by atoms with Crippen molar-refractivity contribution in [3.05, 3.63) is 142 Å². The minimum atomic E-state index is 0.423. The van der Waals surface area contributed by atoms with Gasteiger partial charge >= 0.3 is 0 Å². The van der Waals surface area contributed by atoms with Gasteiger partial charge in [0.25, 0.3) is 23.3 Å². The van der Waals surface area contributed by atoms with Gasteiger partial charge in [0.15, 0.2) is 6.67 Å². The van der Waals surface area contributed by atoms with E-state index < -0.39 is 0 Å². The molecule has 0 unspecified atom stereocenters. The Labute approximate surface area is 233 Å². The van der Waals surface area contributed by atoms with E-state index in [1.165, 1.54) is 0 Å². The molecule has 0 N–H and O–H groups in total. The van der Waals surface area contributed by atoms with Crippen LogP contribution in [0.3, 0.4) is 0 Å². The standard InChI is InChI=1S/C33H18N8/c1-2-10-19-18(9-1)26-34-27(19)37-31-24-15-7-8-16-25(24)33-39-29-21-12-4-3-11-20(21)28(35-29)38-32-23-14-6-5-13-22(23)30(36-26)40(32)17-41(31)33/h1-16H,17H2/q+2. The van der Waals surface area contributed by atoms with E-state index in [4.69, 9.17) is 30.0 Å². The van der Waals surface area contributed by atoms with Crippen LogP contribution in [-0.2, 0) is 0 Å². The van der Waals surface area contributed by atoms with E-state index in [-0.39, 0.29) is 0 Å². The lowest BCUT2D eigenvalue weighted by Gasteiger charge is -2.09. The van der Waals surface area contributed by atoms with Crippen molar-refractivity contribution in [3.63, 3.8) is 0 Å². The maximum Gasteiger partial charge on any atom is 0.276 e. The van der Waals surface area contributed by atoms with Crippen LogP contribution >= 0.6 is 0 Å². The van der Waals surface area contributed by atoms with Gasteiger partial charge in [0, 0.05) is 22.3 Å². The number of amidine groups is 8. The average molecular weight is 527 g/mol. The Balaban J connectivity index is 1.39. The molecule has 4 aromatic carbocycles. The number of benzene rings is 4. The summed E-state index contributed by atoms with van der Waals surface area (Å²) in [5.74, 6) is 5.77. The summed E-state index contributed by atoms with van der Waals surface area (Å²) in [5, 5.41) is 0. The number of nitrogens with zero attached hydrogens (tertiary/aromatic N) is 8. The van der Waals surface area contributed by atoms with E-state index in [1.807, 2.05) is 48.5 Å². The average Bonchev–Trinajstić information content (AvgIpc) is 3.72. The molecule has 6 heterocycles. The molecule has 8 nitrogen and oxygen atoms in total. The molecule has 10 rings (SSSR count). The van der Waals surface area contributed by atoms with Gasteiger partial charge in [0.1, 0.15) is 0 Å². The summed E-state index contributed by atoms with van der Waals surface area (Å²) in [4.78, 5) is 30.9. The molecule has 0 saturated carbocycles. The van der Waals surface area contributed by atoms with E-state index in [0.29, 0.717) is 30.0 Å². The Morgan fingerprint density at radius 3 is 1.05 bits per heavy atom. The minimum Gasteiger partial charge on any atom is -0.194 e. The molecule has 6 bridgehead atoms. The Morgan fingerprint density at radius 2 is 0.659 bits per heavy atom. The number of aliphatic imine (C=N–C) groups is 6. The van der Waals surface area contributed by atoms with Crippen LogP contribution in [0.5, 0.6) is 0 Å². The molecule has 0 radical (unpaired) electrons. The van der Waals surface area contributed by atoms with Gasteiger partial charge in [-0.3, -0.25) is 0 Å². The van der Waals surface area contributed by atoms with E-state index in [1.54, 1.807) is 0 Å². The number of hydrogen-bond donors (Lipinski definition) is 0. The van der Waals surface area contributed by atoms with Crippen molar-refractivity contribution in [2.24, 2.45) is 30.0 Å². The lowest BCUT2D eigenvalue weighted by molar-refractivity contribution is -0.621. The highest BCUT2D eigenvalue weighted by molar-refractivity contribution is 6.32. The molecule has 0 aromatic heterocycles. The maximum absolute atomic E-state index is 5.22. The van der Waals surface area contributed by atoms with E-state index in [2.05, 4.69) is 57.7 Å². The third-order valence-electron chi connectivity index (χ3n) is 8.21. The van der Waals surface area contributed by atoms with Crippen molar-refractivity contribution in [2.75, 3.05) is 6.67 Å². The molecular formula is C33H18N8+2. The van der Waals surface area contributed by atoms with Crippen molar-refractivity contribution < 1.29 is 9.15 Å². The summed E-state index contributed by atoms with van der Waals surface area (Å²) in [7, 11) is 0. The van der Waals surface area contributed by atoms with Gasteiger partial charge in [-0.25, -0.2) is 0 Å². The third-order valence-corrected chi connectivity index (χ3v) is 8.21. The molecular weight excluding hydrogens is 508 g/mol. The minimum absolute atomic E-state index is 0.423. The largest absolute Gasteiger partial charge is 0.276 e. The zero-order valence-corrected chi connectivity index (χ0v) is 21.5. The fraction of sp³-hybridized carbons (Fsp3) is 0.0303. The van der Waals surface area contributed by atoms with Gasteiger partial charge in [0.2, 0.25) is 23.3 Å². The quantitative estimate of drug-likeness (QED) is 0.312. The topological polar surface area (TPSA) is 80.2 Å². The summed E-state index contributed by atoms with van der Waals surface area (Å²) in [6, 6.07) is 32.9. The van der Waals surface area contributed by atoms with E-state index >= 15 is 0 Å². The van der Waals surface area contributed by atoms with Crippen LogP contribution in [0.2, 0.25) is 0 Å². The smallest absolute Gasteiger partial charge is 0.194 e. The number of rotatable bonds is 0. The van der Waals surface area contributed by atoms with Crippen LogP contribution in [0, 0.1) is 0 Å². The van der Waals surface area contributed by atoms with Gasteiger partial charge in [-0.2, -0.15) is 19.1 Å². The first-order valence-corrected chi connectivity index (χ1v) is 13.5. The van der Waals surface area contributed by atoms with Crippen molar-refractivity contribution in [1.29, 1.82) is 0 Å². The van der Waals surface area contributed by atoms with E-state index in [0.717, 1.165) is 67.9 Å². The van der Waals surface area contributed by atoms with Gasteiger partial charge in [-0.1, -0.05) is 68.5 Å². The van der Waals surface area contributed by atoms with Crippen LogP contribution in [0.25, 0.3) is 0 Å². The molecule has 0 aliphatic carbocycles. The fourth-order valence-electron chi connectivity index (χ4n) is 6.35. The predicted molar refractivity (Wildman–Crippen MR) is 159 cm³/mol. The molecule has 0 fully saturated rings. The normalized spacial score (nSPS) is 18.3. The van der Waals surface area contributed by atoms with Crippen LogP contribution in [0.4, 0.5) is 0 Å². The van der Waals surface area contributed by atoms with Crippen LogP contribution in [0.1, 0.15) is 44.5 Å². The highest BCUT2D eigenvalue weighted by atomic mass is 15.3. The van der Waals surface area contributed by atoms with Gasteiger partial charge in [-0.15, -0.1) is 0 Å². The first kappa shape index (κ1) is 21.1. The summed E-state index contributed by atoms with van der Waals surface area (Å²) < 4.78 is 4.31. The highest BCUT2D eigenvalue weighted by Gasteiger charge is 2.44. The van der Waals surface area contributed by atoms with Gasteiger partial charge in [0.05, 0.1) is 22.3 Å². The summed E-state index contributed by atoms with van der Waals surface area (Å²) in [6.07, 6.45) is 0. The first-order chi connectivity index (χ1) is 20.3. The molecule has 6 aliphatic heterocycles. The summed E-state index contributed by atoms with van der Waals surface area (Å²) in [6.45, 7) is 0.423. The van der Waals surface area contributed by atoms with Crippen LogP contribution < -0.4 is 0 Å². The third kappa shape index (κ3) is 2.73. The molecule has 188 valence electrons. The van der Waals surface area contributed by atoms with Crippen molar-refractivity contribution in [3.8, 4) is 0 Å². The van der Waals surface area contributed by atoms with E-state index in [9.17, 15) is 0 Å². The van der Waals surface area contributed by atoms with Gasteiger partial charge in [-0.05, 0) is 48.5 Å². The Hall–Kier alpha value is -5.76. The Kier molecular flexibility index (Phi) is 3.84. The summed E-state index contributed by atoms with van der Waals surface area (Å²) in [5.41, 5.74) is 7.88. The molecule has 0 amide bonds. The van der Waals surface area contributed by atoms with Crippen molar-refractivity contribution in [2.45, 2.75) is 0 Å². The molecule has 41 heavy (non-hydrogen) atoms. The zero-order chi connectivity index (χ0) is 26.7. The first-order valence-electron chi connectivity index (χ1n) is 13.5. The Bertz CT molecular complexity index is 2060. The second-order valence-electron chi connectivity index (χ2n) is 10.4. The van der Waals surface area contributed by atoms with Crippen LogP contribution in [-0.4, -0.2) is 62.5 Å². The van der Waals surface area contributed by atoms with Crippen LogP contribution in [0.15, 0.2) is 127 Å². The van der Waals surface area contributed by atoms with Crippen molar-refractivity contribution in [1.82, 2.24) is 0 Å². The molecule has 8 heteroatoms. The monoisotopic (exact) mass is 526 g/mol. The Morgan fingerprint density at radius 1 is 0.341 bits per heavy atom. The second kappa shape index (κ2) is 7.45. The number of fused-ring (bicyclic) bond motifs is 14. The molecule has 0 saturated heterocycles. The SMILES string of the molecule is c1ccc2c(c1)C1=NC2=NC2=[N+]3C[N+]4=C(N=C5N=C(N=C3c3ccccc32)c2ccccc25)c2ccccc2C4=N1. The lowest BCUT2D eigenvalue weighted by atomic mass is 10.1.